The van der Waals surface area contributed by atoms with E-state index in [4.69, 9.17) is 17.3 Å². The third-order valence-corrected chi connectivity index (χ3v) is 6.60. The van der Waals surface area contributed by atoms with Crippen molar-refractivity contribution in [3.63, 3.8) is 0 Å². The molecule has 188 valence electrons. The zero-order valence-corrected chi connectivity index (χ0v) is 21.3. The van der Waals surface area contributed by atoms with E-state index < -0.39 is 0 Å². The molecule has 3 aromatic carbocycles. The highest BCUT2D eigenvalue weighted by atomic mass is 35.5. The van der Waals surface area contributed by atoms with Crippen molar-refractivity contribution in [3.8, 4) is 5.69 Å². The Balaban J connectivity index is 1.28. The van der Waals surface area contributed by atoms with Crippen LogP contribution in [0.15, 0.2) is 79.0 Å². The highest BCUT2D eigenvalue weighted by molar-refractivity contribution is 6.30. The first-order chi connectivity index (χ1) is 18.0. The molecule has 8 heteroatoms. The second-order valence-electron chi connectivity index (χ2n) is 9.01. The van der Waals surface area contributed by atoms with Crippen LogP contribution in [0.5, 0.6) is 0 Å². The van der Waals surface area contributed by atoms with Crippen LogP contribution < -0.4 is 16.4 Å². The van der Waals surface area contributed by atoms with Crippen LogP contribution in [-0.4, -0.2) is 33.6 Å². The first-order valence-electron chi connectivity index (χ1n) is 12.3. The maximum atomic E-state index is 13.2. The van der Waals surface area contributed by atoms with E-state index in [1.165, 1.54) is 10.9 Å². The molecular weight excluding hydrogens is 484 g/mol. The Kier molecular flexibility index (Phi) is 7.25. The van der Waals surface area contributed by atoms with E-state index in [2.05, 4.69) is 45.0 Å². The minimum atomic E-state index is -0.214. The number of nitrogens with two attached hydrogens (primary N) is 1. The number of carbonyl (C=O) groups is 1. The molecule has 0 saturated carbocycles. The molecule has 0 atom stereocenters. The number of nitrogen functional groups attached to an aromatic ring is 1. The summed E-state index contributed by atoms with van der Waals surface area (Å²) in [5.41, 5.74) is 11.8. The van der Waals surface area contributed by atoms with Gasteiger partial charge in [0, 0.05) is 40.8 Å². The van der Waals surface area contributed by atoms with Crippen molar-refractivity contribution in [1.29, 1.82) is 0 Å². The van der Waals surface area contributed by atoms with Crippen molar-refractivity contribution < 1.29 is 4.79 Å². The van der Waals surface area contributed by atoms with Gasteiger partial charge < -0.3 is 21.4 Å². The van der Waals surface area contributed by atoms with Gasteiger partial charge >= 0.3 is 0 Å². The van der Waals surface area contributed by atoms with Gasteiger partial charge in [-0.05, 0) is 61.9 Å². The van der Waals surface area contributed by atoms with Crippen LogP contribution in [0.4, 0.5) is 11.5 Å². The Bertz CT molecular complexity index is 1520. The number of fused-ring (bicyclic) bond motifs is 1. The Morgan fingerprint density at radius 2 is 1.81 bits per heavy atom. The monoisotopic (exact) mass is 512 g/mol. The third kappa shape index (κ3) is 5.38. The molecule has 0 amide bonds. The number of aryl methyl sites for hydroxylation is 1. The number of hydrogen-bond donors (Lipinski definition) is 4. The molecule has 0 bridgehead atoms. The van der Waals surface area contributed by atoms with Crippen LogP contribution in [0, 0.1) is 6.92 Å². The zero-order valence-electron chi connectivity index (χ0n) is 20.6. The first-order valence-corrected chi connectivity index (χ1v) is 12.6. The number of aromatic amines is 1. The van der Waals surface area contributed by atoms with Crippen molar-refractivity contribution >= 4 is 39.8 Å². The predicted molar refractivity (Wildman–Crippen MR) is 151 cm³/mol. The second kappa shape index (κ2) is 10.9. The summed E-state index contributed by atoms with van der Waals surface area (Å²) in [5, 5.41) is 13.4. The van der Waals surface area contributed by atoms with Gasteiger partial charge in [-0.3, -0.25) is 4.79 Å². The van der Waals surface area contributed by atoms with Crippen molar-refractivity contribution in [2.45, 2.75) is 19.9 Å². The Labute approximate surface area is 220 Å². The van der Waals surface area contributed by atoms with Crippen molar-refractivity contribution in [1.82, 2.24) is 20.1 Å². The van der Waals surface area contributed by atoms with Gasteiger partial charge in [0.1, 0.15) is 5.69 Å². The van der Waals surface area contributed by atoms with Crippen molar-refractivity contribution in [2.24, 2.45) is 0 Å². The van der Waals surface area contributed by atoms with Gasteiger partial charge in [-0.15, -0.1) is 0 Å². The van der Waals surface area contributed by atoms with E-state index in [-0.39, 0.29) is 11.5 Å². The summed E-state index contributed by atoms with van der Waals surface area (Å²) in [6.45, 7) is 4.24. The molecule has 2 heterocycles. The molecule has 7 nitrogen and oxygen atoms in total. The molecule has 0 fully saturated rings. The fourth-order valence-corrected chi connectivity index (χ4v) is 4.45. The fraction of sp³-hybridized carbons (Fsp3) is 0.172. The minimum absolute atomic E-state index is 0.214. The van der Waals surface area contributed by atoms with E-state index in [0.717, 1.165) is 36.3 Å². The maximum absolute atomic E-state index is 13.2. The highest BCUT2D eigenvalue weighted by Gasteiger charge is 2.23. The Hall–Kier alpha value is -4.07. The molecule has 37 heavy (non-hydrogen) atoms. The normalized spacial score (nSPS) is 11.2. The topological polar surface area (TPSA) is 101 Å². The molecule has 5 rings (SSSR count). The van der Waals surface area contributed by atoms with Gasteiger partial charge in [0.25, 0.3) is 0 Å². The van der Waals surface area contributed by atoms with Gasteiger partial charge in [0.15, 0.2) is 11.5 Å². The fourth-order valence-electron chi connectivity index (χ4n) is 4.33. The summed E-state index contributed by atoms with van der Waals surface area (Å²) in [5.74, 6) is 0.378. The number of nitrogens with zero attached hydrogens (tertiary/aromatic N) is 2. The molecule has 0 aliphatic heterocycles. The third-order valence-electron chi connectivity index (χ3n) is 6.35. The number of anilines is 2. The Morgan fingerprint density at radius 1 is 1.03 bits per heavy atom. The average Bonchev–Trinajstić information content (AvgIpc) is 3.52. The predicted octanol–water partition coefficient (Wildman–Crippen LogP) is 5.72. The zero-order chi connectivity index (χ0) is 25.8. The molecule has 0 aliphatic rings. The lowest BCUT2D eigenvalue weighted by Crippen LogP contribution is -2.18. The Morgan fingerprint density at radius 3 is 2.59 bits per heavy atom. The molecular formula is C29H29ClN6O. The van der Waals surface area contributed by atoms with Gasteiger partial charge in [0.2, 0.25) is 5.78 Å². The second-order valence-corrected chi connectivity index (χ2v) is 9.44. The van der Waals surface area contributed by atoms with Crippen molar-refractivity contribution in [3.05, 3.63) is 106 Å². The molecule has 0 aliphatic carbocycles. The number of nitrogens with one attached hydrogen (secondary N) is 3. The number of halogens is 1. The maximum Gasteiger partial charge on any atom is 0.215 e. The summed E-state index contributed by atoms with van der Waals surface area (Å²) >= 11 is 6.09. The van der Waals surface area contributed by atoms with Gasteiger partial charge in [-0.1, -0.05) is 53.6 Å². The van der Waals surface area contributed by atoms with Crippen LogP contribution in [0.2, 0.25) is 5.02 Å². The smallest absolute Gasteiger partial charge is 0.215 e. The molecule has 5 aromatic rings. The van der Waals surface area contributed by atoms with E-state index >= 15 is 0 Å². The first kappa shape index (κ1) is 24.6. The molecule has 5 N–H and O–H groups in total. The largest absolute Gasteiger partial charge is 0.394 e. The molecule has 0 spiro atoms. The number of carbonyl (C=O) groups excluding carboxylic acids is 1. The number of hydrogen-bond acceptors (Lipinski definition) is 5. The van der Waals surface area contributed by atoms with Gasteiger partial charge in [-0.2, -0.15) is 5.10 Å². The number of aromatic nitrogens is 3. The molecule has 2 aromatic heterocycles. The van der Waals surface area contributed by atoms with Crippen LogP contribution in [0.1, 0.15) is 33.6 Å². The lowest BCUT2D eigenvalue weighted by molar-refractivity contribution is 0.103. The molecule has 0 saturated heterocycles. The van der Waals surface area contributed by atoms with E-state index in [0.29, 0.717) is 28.6 Å². The van der Waals surface area contributed by atoms with E-state index in [1.54, 1.807) is 28.9 Å². The number of H-pyrrole nitrogens is 1. The van der Waals surface area contributed by atoms with E-state index in [1.807, 2.05) is 37.4 Å². The lowest BCUT2D eigenvalue weighted by atomic mass is 10.1. The minimum Gasteiger partial charge on any atom is -0.394 e. The quantitative estimate of drug-likeness (QED) is 0.142. The van der Waals surface area contributed by atoms with Gasteiger partial charge in [0.05, 0.1) is 5.69 Å². The van der Waals surface area contributed by atoms with Crippen LogP contribution >= 0.6 is 11.6 Å². The van der Waals surface area contributed by atoms with Gasteiger partial charge in [-0.25, -0.2) is 4.68 Å². The van der Waals surface area contributed by atoms with Crippen LogP contribution in [0.25, 0.3) is 16.6 Å². The number of rotatable bonds is 10. The summed E-state index contributed by atoms with van der Waals surface area (Å²) in [7, 11) is 0. The number of benzene rings is 3. The summed E-state index contributed by atoms with van der Waals surface area (Å²) < 4.78 is 1.67. The highest BCUT2D eigenvalue weighted by Crippen LogP contribution is 2.29. The van der Waals surface area contributed by atoms with Crippen LogP contribution in [0.3, 0.4) is 0 Å². The van der Waals surface area contributed by atoms with E-state index in [9.17, 15) is 4.79 Å². The number of ketones is 1. The summed E-state index contributed by atoms with van der Waals surface area (Å²) in [6, 6.07) is 23.1. The summed E-state index contributed by atoms with van der Waals surface area (Å²) in [4.78, 5) is 16.5. The lowest BCUT2D eigenvalue weighted by Gasteiger charge is -2.11. The van der Waals surface area contributed by atoms with Crippen LogP contribution in [-0.2, 0) is 6.54 Å². The van der Waals surface area contributed by atoms with Crippen molar-refractivity contribution in [2.75, 3.05) is 24.1 Å². The summed E-state index contributed by atoms with van der Waals surface area (Å²) in [6.07, 6.45) is 2.82. The average molecular weight is 513 g/mol. The standard InChI is InChI=1S/C29H29ClN6O/c1-19-6-8-20(9-7-19)28(37)27-26(31)29(36(35-27)23-12-10-22(30)11-13-23)34-16-3-15-32-18-21-4-2-5-25-24(21)14-17-33-25/h2,4-14,17,32-34H,3,15-16,18,31H2,1H3. The molecule has 0 unspecified atom stereocenters. The SMILES string of the molecule is Cc1ccc(C(=O)c2nn(-c3ccc(Cl)cc3)c(NCCCNCc3cccc4[nH]ccc34)c2N)cc1. The molecule has 0 radical (unpaired) electrons.